The smallest absolute Gasteiger partial charge is 0.0540 e. The second kappa shape index (κ2) is 6.96. The number of thioether (sulfide) groups is 1. The van der Waals surface area contributed by atoms with Gasteiger partial charge in [0, 0.05) is 9.81 Å². The van der Waals surface area contributed by atoms with Crippen molar-refractivity contribution < 1.29 is 0 Å². The predicted octanol–water partition coefficient (Wildman–Crippen LogP) is 6.26. The Morgan fingerprint density at radius 2 is 1.04 bits per heavy atom. The number of benzene rings is 2. The number of hydrogen-bond donors (Lipinski definition) is 1. The lowest BCUT2D eigenvalue weighted by molar-refractivity contribution is 1.49. The van der Waals surface area contributed by atoms with Crippen LogP contribution in [-0.4, -0.2) is 5.71 Å². The number of hydrogen-bond acceptors (Lipinski definition) is 2. The standard InChI is InChI=1S/C23H17NS/c24-21-13-11-17(12-14-21)20-15-22(18-7-3-1-4-8-18)25-23(16-20)19-9-5-2-6-10-19/h1-16,24H. The van der Waals surface area contributed by atoms with E-state index in [1.165, 1.54) is 26.5 Å². The van der Waals surface area contributed by atoms with Gasteiger partial charge >= 0.3 is 0 Å². The van der Waals surface area contributed by atoms with Crippen LogP contribution in [0.1, 0.15) is 11.1 Å². The molecule has 2 heteroatoms. The van der Waals surface area contributed by atoms with Crippen molar-refractivity contribution in [3.8, 4) is 0 Å². The molecule has 0 atom stereocenters. The van der Waals surface area contributed by atoms with Gasteiger partial charge in [-0.1, -0.05) is 84.6 Å². The Hall–Kier alpha value is -2.84. The summed E-state index contributed by atoms with van der Waals surface area (Å²) in [7, 11) is 0. The van der Waals surface area contributed by atoms with Gasteiger partial charge in [-0.3, -0.25) is 0 Å². The molecule has 2 aromatic rings. The second-order valence-corrected chi connectivity index (χ2v) is 6.97. The predicted molar refractivity (Wildman–Crippen MR) is 109 cm³/mol. The zero-order chi connectivity index (χ0) is 17.1. The molecule has 120 valence electrons. The summed E-state index contributed by atoms with van der Waals surface area (Å²) >= 11 is 1.80. The Kier molecular flexibility index (Phi) is 4.36. The largest absolute Gasteiger partial charge is 0.301 e. The minimum Gasteiger partial charge on any atom is -0.301 e. The molecule has 0 amide bonds. The first-order valence-corrected chi connectivity index (χ1v) is 9.02. The molecule has 0 fully saturated rings. The van der Waals surface area contributed by atoms with E-state index < -0.39 is 0 Å². The van der Waals surface area contributed by atoms with Gasteiger partial charge in [0.05, 0.1) is 5.71 Å². The van der Waals surface area contributed by atoms with Crippen molar-refractivity contribution in [1.29, 1.82) is 5.41 Å². The lowest BCUT2D eigenvalue weighted by Gasteiger charge is -2.18. The van der Waals surface area contributed by atoms with E-state index in [0.29, 0.717) is 5.71 Å². The summed E-state index contributed by atoms with van der Waals surface area (Å²) in [5.74, 6) is 0. The molecule has 25 heavy (non-hydrogen) atoms. The number of rotatable bonds is 2. The van der Waals surface area contributed by atoms with E-state index in [9.17, 15) is 0 Å². The summed E-state index contributed by atoms with van der Waals surface area (Å²) in [6.07, 6.45) is 12.2. The Bertz CT molecular complexity index is 882. The maximum Gasteiger partial charge on any atom is 0.0540 e. The molecule has 0 spiro atoms. The lowest BCUT2D eigenvalue weighted by Crippen LogP contribution is -1.96. The van der Waals surface area contributed by atoms with E-state index in [-0.39, 0.29) is 0 Å². The zero-order valence-corrected chi connectivity index (χ0v) is 14.5. The van der Waals surface area contributed by atoms with Crippen LogP contribution >= 0.6 is 11.8 Å². The molecule has 1 aliphatic carbocycles. The van der Waals surface area contributed by atoms with Crippen LogP contribution in [-0.2, 0) is 0 Å². The molecule has 0 bridgehead atoms. The van der Waals surface area contributed by atoms with E-state index in [1.807, 2.05) is 36.4 Å². The summed E-state index contributed by atoms with van der Waals surface area (Å²) in [5, 5.41) is 7.71. The fourth-order valence-corrected chi connectivity index (χ4v) is 3.94. The van der Waals surface area contributed by atoms with E-state index >= 15 is 0 Å². The van der Waals surface area contributed by atoms with Crippen LogP contribution in [0.4, 0.5) is 0 Å². The molecular weight excluding hydrogens is 322 g/mol. The van der Waals surface area contributed by atoms with Crippen LogP contribution in [0, 0.1) is 5.41 Å². The third-order valence-electron chi connectivity index (χ3n) is 4.13. The minimum absolute atomic E-state index is 0.536. The molecule has 4 rings (SSSR count). The highest BCUT2D eigenvalue weighted by Crippen LogP contribution is 2.44. The Morgan fingerprint density at radius 3 is 1.52 bits per heavy atom. The van der Waals surface area contributed by atoms with E-state index in [1.54, 1.807) is 11.8 Å². The average molecular weight is 339 g/mol. The molecule has 0 aromatic heterocycles. The van der Waals surface area contributed by atoms with Crippen LogP contribution in [0.5, 0.6) is 0 Å². The first-order chi connectivity index (χ1) is 12.3. The van der Waals surface area contributed by atoms with Crippen LogP contribution in [0.15, 0.2) is 108 Å². The van der Waals surface area contributed by atoms with Crippen molar-refractivity contribution in [3.05, 3.63) is 119 Å². The molecule has 1 nitrogen and oxygen atoms in total. The summed E-state index contributed by atoms with van der Waals surface area (Å²) in [6, 6.07) is 21.0. The normalized spacial score (nSPS) is 16.7. The monoisotopic (exact) mass is 339 g/mol. The lowest BCUT2D eigenvalue weighted by atomic mass is 9.99. The fourth-order valence-electron chi connectivity index (χ4n) is 2.82. The Labute approximate surface area is 152 Å². The third-order valence-corrected chi connectivity index (χ3v) is 5.27. The Balaban J connectivity index is 1.83. The maximum absolute atomic E-state index is 7.71. The van der Waals surface area contributed by atoms with E-state index in [4.69, 9.17) is 5.41 Å². The van der Waals surface area contributed by atoms with Gasteiger partial charge < -0.3 is 5.41 Å². The van der Waals surface area contributed by atoms with Gasteiger partial charge in [-0.25, -0.2) is 0 Å². The molecule has 1 heterocycles. The van der Waals surface area contributed by atoms with Gasteiger partial charge in [0.2, 0.25) is 0 Å². The van der Waals surface area contributed by atoms with Gasteiger partial charge in [0.25, 0.3) is 0 Å². The summed E-state index contributed by atoms with van der Waals surface area (Å²) in [5.41, 5.74) is 5.30. The minimum atomic E-state index is 0.536. The zero-order valence-electron chi connectivity index (χ0n) is 13.6. The molecule has 0 saturated heterocycles. The first kappa shape index (κ1) is 15.7. The van der Waals surface area contributed by atoms with Gasteiger partial charge in [-0.05, 0) is 46.6 Å². The second-order valence-electron chi connectivity index (χ2n) is 5.88. The SMILES string of the molecule is N=C1C=CC(=C2C=C(c3ccccc3)SC(c3ccccc3)=C2)C=C1. The average Bonchev–Trinajstić information content (AvgIpc) is 2.69. The molecule has 2 aliphatic rings. The van der Waals surface area contributed by atoms with E-state index in [0.717, 1.165) is 5.57 Å². The fraction of sp³-hybridized carbons (Fsp3) is 0. The Morgan fingerprint density at radius 1 is 0.560 bits per heavy atom. The first-order valence-electron chi connectivity index (χ1n) is 8.21. The molecule has 1 N–H and O–H groups in total. The van der Waals surface area contributed by atoms with Crippen LogP contribution in [0.2, 0.25) is 0 Å². The molecule has 0 unspecified atom stereocenters. The molecule has 0 saturated carbocycles. The third kappa shape index (κ3) is 3.49. The quantitative estimate of drug-likeness (QED) is 0.686. The van der Waals surface area contributed by atoms with Crippen molar-refractivity contribution in [2.24, 2.45) is 0 Å². The summed E-state index contributed by atoms with van der Waals surface area (Å²) < 4.78 is 0. The highest BCUT2D eigenvalue weighted by atomic mass is 32.2. The van der Waals surface area contributed by atoms with Crippen molar-refractivity contribution >= 4 is 27.3 Å². The van der Waals surface area contributed by atoms with Gasteiger partial charge in [0.15, 0.2) is 0 Å². The highest BCUT2D eigenvalue weighted by Gasteiger charge is 2.15. The summed E-state index contributed by atoms with van der Waals surface area (Å²) in [6.45, 7) is 0. The van der Waals surface area contributed by atoms with Crippen LogP contribution < -0.4 is 0 Å². The van der Waals surface area contributed by atoms with Crippen molar-refractivity contribution in [1.82, 2.24) is 0 Å². The highest BCUT2D eigenvalue weighted by molar-refractivity contribution is 8.16. The van der Waals surface area contributed by atoms with Gasteiger partial charge in [-0.2, -0.15) is 0 Å². The summed E-state index contributed by atoms with van der Waals surface area (Å²) in [4.78, 5) is 2.49. The molecule has 2 aromatic carbocycles. The van der Waals surface area contributed by atoms with Crippen LogP contribution in [0.25, 0.3) is 9.81 Å². The number of allylic oxidation sites excluding steroid dienone is 8. The molecular formula is C23H17NS. The molecule has 0 radical (unpaired) electrons. The van der Waals surface area contributed by atoms with Gasteiger partial charge in [0.1, 0.15) is 0 Å². The topological polar surface area (TPSA) is 23.9 Å². The van der Waals surface area contributed by atoms with Crippen molar-refractivity contribution in [3.63, 3.8) is 0 Å². The van der Waals surface area contributed by atoms with Gasteiger partial charge in [-0.15, -0.1) is 0 Å². The van der Waals surface area contributed by atoms with Crippen molar-refractivity contribution in [2.75, 3.05) is 0 Å². The number of nitrogens with one attached hydrogen (secondary N) is 1. The van der Waals surface area contributed by atoms with Crippen LogP contribution in [0.3, 0.4) is 0 Å². The molecule has 1 aliphatic heterocycles. The van der Waals surface area contributed by atoms with Crippen molar-refractivity contribution in [2.45, 2.75) is 0 Å². The maximum atomic E-state index is 7.71. The van der Waals surface area contributed by atoms with E-state index in [2.05, 4.69) is 60.7 Å².